The number of amides is 2. The van der Waals surface area contributed by atoms with E-state index in [4.69, 9.17) is 23.9 Å². The van der Waals surface area contributed by atoms with Crippen molar-refractivity contribution in [3.63, 3.8) is 0 Å². The molecule has 334 valence electrons. The van der Waals surface area contributed by atoms with Crippen molar-refractivity contribution in [3.8, 4) is 17.4 Å². The third-order valence-corrected chi connectivity index (χ3v) is 15.3. The number of benzene rings is 1. The fourth-order valence-corrected chi connectivity index (χ4v) is 11.1. The summed E-state index contributed by atoms with van der Waals surface area (Å²) >= 11 is 0. The summed E-state index contributed by atoms with van der Waals surface area (Å²) in [7, 11) is -0.511. The van der Waals surface area contributed by atoms with E-state index in [-0.39, 0.29) is 74.3 Å². The molecule has 4 heterocycles. The number of carbonyl (C=O) groups excluding carboxylic acids is 4. The number of cyclic esters (lactones) is 1. The van der Waals surface area contributed by atoms with Gasteiger partial charge in [0.15, 0.2) is 18.2 Å². The summed E-state index contributed by atoms with van der Waals surface area (Å²) in [5.74, 6) is -1.33. The number of carbonyl (C=O) groups is 4. The lowest BCUT2D eigenvalue weighted by atomic mass is 9.85. The summed E-state index contributed by atoms with van der Waals surface area (Å²) < 4.78 is 54.4. The SMILES string of the molecule is C=C[C@@H]1C[C@]1(CC(=O)[C@@H]1C[C@@H]2CN1C(=O)[C@H](C1CCCC1)CC(=O)OCC(C)(C)CCCc1cc3c(cc(OCc4ncn(C)n4)nc3cc1OC)O2)C(=O)NS(=O)(=O)C1CC1. The average Bonchev–Trinajstić information content (AvgIpc) is 4.03. The molecule has 3 aromatic rings. The highest BCUT2D eigenvalue weighted by atomic mass is 32.2. The first-order chi connectivity index (χ1) is 29.6. The highest BCUT2D eigenvalue weighted by molar-refractivity contribution is 7.90. The quantitative estimate of drug-likeness (QED) is 0.185. The van der Waals surface area contributed by atoms with Crippen LogP contribution in [0.25, 0.3) is 10.9 Å². The summed E-state index contributed by atoms with van der Waals surface area (Å²) in [5.41, 5.74) is -0.189. The topological polar surface area (TPSA) is 198 Å². The highest BCUT2D eigenvalue weighted by Gasteiger charge is 2.61. The predicted octanol–water partition coefficient (Wildman–Crippen LogP) is 5.16. The zero-order valence-electron chi connectivity index (χ0n) is 36.1. The van der Waals surface area contributed by atoms with Crippen LogP contribution in [0.4, 0.5) is 0 Å². The first-order valence-electron chi connectivity index (χ1n) is 21.9. The number of ether oxygens (including phenoxy) is 4. The lowest BCUT2D eigenvalue weighted by Gasteiger charge is -2.31. The van der Waals surface area contributed by atoms with Crippen molar-refractivity contribution in [1.82, 2.24) is 29.4 Å². The van der Waals surface area contributed by atoms with Gasteiger partial charge in [-0.05, 0) is 80.2 Å². The number of methoxy groups -OCH3 is 1. The Hall–Kier alpha value is -5.06. The number of hydrogen-bond donors (Lipinski definition) is 1. The maximum Gasteiger partial charge on any atom is 0.306 e. The molecule has 17 heteroatoms. The van der Waals surface area contributed by atoms with Crippen LogP contribution < -0.4 is 18.9 Å². The van der Waals surface area contributed by atoms with Crippen LogP contribution >= 0.6 is 0 Å². The summed E-state index contributed by atoms with van der Waals surface area (Å²) in [6.07, 6.45) is 8.95. The number of ketones is 1. The third-order valence-electron chi connectivity index (χ3n) is 13.5. The second-order valence-corrected chi connectivity index (χ2v) is 20.8. The van der Waals surface area contributed by atoms with Crippen LogP contribution in [0.2, 0.25) is 0 Å². The van der Waals surface area contributed by atoms with E-state index in [1.54, 1.807) is 37.3 Å². The van der Waals surface area contributed by atoms with Crippen LogP contribution in [0.1, 0.15) is 102 Å². The van der Waals surface area contributed by atoms with E-state index in [0.717, 1.165) is 44.1 Å². The Balaban J connectivity index is 1.16. The molecule has 5 atom stereocenters. The van der Waals surface area contributed by atoms with E-state index < -0.39 is 56.5 Å². The second kappa shape index (κ2) is 17.2. The summed E-state index contributed by atoms with van der Waals surface area (Å²) in [4.78, 5) is 67.8. The Morgan fingerprint density at radius 1 is 1.10 bits per heavy atom. The number of nitrogens with one attached hydrogen (secondary N) is 1. The molecular formula is C45H58N6O10S. The molecule has 4 fully saturated rings. The molecule has 62 heavy (non-hydrogen) atoms. The summed E-state index contributed by atoms with van der Waals surface area (Å²) in [6, 6.07) is 4.52. The molecule has 8 rings (SSSR count). The average molecular weight is 875 g/mol. The second-order valence-electron chi connectivity index (χ2n) is 18.8. The van der Waals surface area contributed by atoms with Crippen molar-refractivity contribution < 1.29 is 46.5 Å². The van der Waals surface area contributed by atoms with Crippen molar-refractivity contribution in [3.05, 3.63) is 48.6 Å². The van der Waals surface area contributed by atoms with Gasteiger partial charge in [0.1, 0.15) is 23.9 Å². The molecule has 5 aliphatic rings. The van der Waals surface area contributed by atoms with Crippen molar-refractivity contribution in [2.75, 3.05) is 20.3 Å². The monoisotopic (exact) mass is 874 g/mol. The van der Waals surface area contributed by atoms with Gasteiger partial charge in [-0.3, -0.25) is 28.6 Å². The molecule has 2 amide bonds. The number of rotatable bonds is 12. The van der Waals surface area contributed by atoms with Crippen molar-refractivity contribution in [2.45, 2.75) is 121 Å². The lowest BCUT2D eigenvalue weighted by molar-refractivity contribution is -0.153. The van der Waals surface area contributed by atoms with Gasteiger partial charge in [-0.1, -0.05) is 32.8 Å². The van der Waals surface area contributed by atoms with Gasteiger partial charge < -0.3 is 23.8 Å². The number of nitrogens with zero attached hydrogens (tertiary/aromatic N) is 5. The first-order valence-corrected chi connectivity index (χ1v) is 23.5. The molecule has 3 aliphatic carbocycles. The number of pyridine rings is 1. The zero-order valence-corrected chi connectivity index (χ0v) is 36.9. The number of Topliss-reactive ketones (excluding diaryl/α,β-unsaturated/α-hetero) is 1. The van der Waals surface area contributed by atoms with Crippen LogP contribution in [-0.4, -0.2) is 94.3 Å². The Morgan fingerprint density at radius 3 is 2.55 bits per heavy atom. The lowest BCUT2D eigenvalue weighted by Crippen LogP contribution is -2.47. The Morgan fingerprint density at radius 2 is 1.87 bits per heavy atom. The molecule has 2 aromatic heterocycles. The molecule has 4 bridgehead atoms. The first kappa shape index (κ1) is 43.6. The zero-order chi connectivity index (χ0) is 44.0. The van der Waals surface area contributed by atoms with Gasteiger partial charge in [0.25, 0.3) is 0 Å². The number of aromatic nitrogens is 4. The van der Waals surface area contributed by atoms with Crippen molar-refractivity contribution in [1.29, 1.82) is 0 Å². The summed E-state index contributed by atoms with van der Waals surface area (Å²) in [5, 5.41) is 4.38. The van der Waals surface area contributed by atoms with E-state index in [2.05, 4.69) is 35.2 Å². The van der Waals surface area contributed by atoms with E-state index in [9.17, 15) is 22.8 Å². The molecule has 1 aromatic carbocycles. The van der Waals surface area contributed by atoms with Crippen LogP contribution in [0.15, 0.2) is 37.2 Å². The van der Waals surface area contributed by atoms with Gasteiger partial charge in [-0.25, -0.2) is 18.4 Å². The van der Waals surface area contributed by atoms with Gasteiger partial charge in [-0.15, -0.1) is 6.58 Å². The number of sulfonamides is 1. The fraction of sp³-hybridized carbons (Fsp3) is 0.622. The van der Waals surface area contributed by atoms with E-state index in [1.807, 2.05) is 12.1 Å². The Kier molecular flexibility index (Phi) is 12.1. The molecule has 0 radical (unpaired) electrons. The van der Waals surface area contributed by atoms with Gasteiger partial charge in [-0.2, -0.15) is 5.10 Å². The Labute approximate surface area is 362 Å². The minimum Gasteiger partial charge on any atom is -0.496 e. The predicted molar refractivity (Wildman–Crippen MR) is 226 cm³/mol. The van der Waals surface area contributed by atoms with Crippen LogP contribution in [0, 0.1) is 28.6 Å². The Bertz CT molecular complexity index is 2350. The van der Waals surface area contributed by atoms with Gasteiger partial charge in [0.05, 0.1) is 54.8 Å². The van der Waals surface area contributed by atoms with Crippen molar-refractivity contribution in [2.24, 2.45) is 35.6 Å². The number of fused-ring (bicyclic) bond motifs is 3. The molecule has 2 aliphatic heterocycles. The van der Waals surface area contributed by atoms with Crippen LogP contribution in [-0.2, 0) is 54.0 Å². The molecule has 0 spiro atoms. The van der Waals surface area contributed by atoms with Crippen molar-refractivity contribution >= 4 is 44.5 Å². The maximum absolute atomic E-state index is 15.0. The molecule has 1 N–H and O–H groups in total. The highest BCUT2D eigenvalue weighted by Crippen LogP contribution is 2.57. The van der Waals surface area contributed by atoms with E-state index in [0.29, 0.717) is 47.5 Å². The minimum absolute atomic E-state index is 0.0293. The standard InChI is InChI=1S/C45H58N6O10S/c1-6-29-21-45(29,43(55)49-62(56,57)31-13-14-31)22-36(52)35-17-30-23-51(35)42(54)32(27-10-7-8-11-27)18-41(53)60-25-44(2,3)15-9-12-28-16-33-34(19-37(28)58-5)47-40(20-38(33)61-30)59-24-39-46-26-50(4)48-39/h6,16,19-20,26-27,29-32,35H,1,7-15,17-18,21-25H2,2-5H3,(H,49,55)/t29-,30-,32+,35+,45-/m1/s1. The van der Waals surface area contributed by atoms with Crippen LogP contribution in [0.3, 0.4) is 0 Å². The number of allylic oxidation sites excluding steroid dienone is 1. The largest absolute Gasteiger partial charge is 0.496 e. The molecule has 0 unspecified atom stereocenters. The number of aryl methyl sites for hydroxylation is 2. The normalized spacial score (nSPS) is 26.9. The van der Waals surface area contributed by atoms with E-state index >= 15 is 4.79 Å². The maximum atomic E-state index is 15.0. The minimum atomic E-state index is -3.88. The van der Waals surface area contributed by atoms with Gasteiger partial charge in [0, 0.05) is 37.4 Å². The molecular weight excluding hydrogens is 817 g/mol. The number of esters is 1. The smallest absolute Gasteiger partial charge is 0.306 e. The molecule has 3 saturated carbocycles. The molecule has 1 saturated heterocycles. The molecule has 16 nitrogen and oxygen atoms in total. The van der Waals surface area contributed by atoms with Gasteiger partial charge in [0.2, 0.25) is 27.7 Å². The third kappa shape index (κ3) is 9.32. The number of hydrogen-bond acceptors (Lipinski definition) is 13. The van der Waals surface area contributed by atoms with Gasteiger partial charge >= 0.3 is 5.97 Å². The van der Waals surface area contributed by atoms with E-state index in [1.165, 1.54) is 4.90 Å². The summed E-state index contributed by atoms with van der Waals surface area (Å²) in [6.45, 7) is 8.23. The van der Waals surface area contributed by atoms with Crippen LogP contribution in [0.5, 0.6) is 17.4 Å². The fourth-order valence-electron chi connectivity index (χ4n) is 9.68.